The molecule has 2 aromatic rings. The summed E-state index contributed by atoms with van der Waals surface area (Å²) >= 11 is 0. The van der Waals surface area contributed by atoms with Crippen molar-refractivity contribution in [2.24, 2.45) is 0 Å². The highest BCUT2D eigenvalue weighted by molar-refractivity contribution is 5.73. The van der Waals surface area contributed by atoms with Gasteiger partial charge in [0.25, 0.3) is 0 Å². The minimum Gasteiger partial charge on any atom is -0.479 e. The van der Waals surface area contributed by atoms with E-state index in [0.29, 0.717) is 5.75 Å². The number of aryl methyl sites for hydroxylation is 1. The fourth-order valence-electron chi connectivity index (χ4n) is 4.12. The lowest BCUT2D eigenvalue weighted by Crippen LogP contribution is -2.68. The third kappa shape index (κ3) is 5.56. The number of hydrogen-bond donors (Lipinski definition) is 2. The summed E-state index contributed by atoms with van der Waals surface area (Å²) in [6.07, 6.45) is -5.00. The molecule has 0 spiro atoms. The van der Waals surface area contributed by atoms with Gasteiger partial charge in [-0.3, -0.25) is 4.79 Å². The Kier molecular flexibility index (Phi) is 7.47. The van der Waals surface area contributed by atoms with Crippen LogP contribution >= 0.6 is 0 Å². The summed E-state index contributed by atoms with van der Waals surface area (Å²) in [6.45, 7) is 4.90. The molecule has 182 valence electrons. The molecule has 7 unspecified atom stereocenters. The minimum atomic E-state index is -1.15. The highest BCUT2D eigenvalue weighted by atomic mass is 16.8. The molecule has 0 radical (unpaired) electrons. The largest absolute Gasteiger partial charge is 0.479 e. The summed E-state index contributed by atoms with van der Waals surface area (Å²) in [7, 11) is 0. The van der Waals surface area contributed by atoms with Gasteiger partial charge in [0.1, 0.15) is 30.1 Å². The van der Waals surface area contributed by atoms with Crippen LogP contribution < -0.4 is 10.1 Å². The van der Waals surface area contributed by atoms with Crippen molar-refractivity contribution in [2.45, 2.75) is 63.8 Å². The summed E-state index contributed by atoms with van der Waals surface area (Å²) < 4.78 is 30.4. The standard InChI is InChI=1S/C25H29NO8/c1-14-8-7-11-18(12-14)32-25-20(26-16(3)27)22(31-15(2)23(28)29)21-19(33-25)13-30-24(34-21)17-9-5-4-6-10-17/h4-12,15,19-22,24-25H,13H2,1-3H3,(H,26,27)(H,28,29). The van der Waals surface area contributed by atoms with Gasteiger partial charge in [0.05, 0.1) is 6.61 Å². The van der Waals surface area contributed by atoms with E-state index in [1.807, 2.05) is 55.5 Å². The first-order valence-electron chi connectivity index (χ1n) is 11.2. The molecule has 0 saturated carbocycles. The summed E-state index contributed by atoms with van der Waals surface area (Å²) in [5.41, 5.74) is 1.80. The van der Waals surface area contributed by atoms with Gasteiger partial charge in [-0.25, -0.2) is 4.79 Å². The second-order valence-corrected chi connectivity index (χ2v) is 8.46. The predicted octanol–water partition coefficient (Wildman–Crippen LogP) is 2.58. The Labute approximate surface area is 197 Å². The van der Waals surface area contributed by atoms with Gasteiger partial charge < -0.3 is 34.1 Å². The SMILES string of the molecule is CC(=O)NC1C(Oc2cccc(C)c2)OC2COC(c3ccccc3)OC2C1OC(C)C(=O)O. The van der Waals surface area contributed by atoms with Gasteiger partial charge >= 0.3 is 5.97 Å². The van der Waals surface area contributed by atoms with Crippen LogP contribution in [-0.2, 0) is 28.5 Å². The summed E-state index contributed by atoms with van der Waals surface area (Å²) in [5.74, 6) is -0.927. The molecule has 9 heteroatoms. The first-order chi connectivity index (χ1) is 16.3. The molecular formula is C25H29NO8. The number of rotatable bonds is 7. The van der Waals surface area contributed by atoms with E-state index in [9.17, 15) is 14.7 Å². The molecule has 7 atom stereocenters. The van der Waals surface area contributed by atoms with E-state index in [2.05, 4.69) is 5.32 Å². The third-order valence-corrected chi connectivity index (χ3v) is 5.73. The van der Waals surface area contributed by atoms with E-state index in [-0.39, 0.29) is 12.5 Å². The second kappa shape index (κ2) is 10.5. The zero-order valence-corrected chi connectivity index (χ0v) is 19.2. The zero-order valence-electron chi connectivity index (χ0n) is 19.2. The van der Waals surface area contributed by atoms with Crippen LogP contribution in [0.4, 0.5) is 0 Å². The molecule has 0 bridgehead atoms. The van der Waals surface area contributed by atoms with Crippen LogP contribution in [0.15, 0.2) is 54.6 Å². The summed E-state index contributed by atoms with van der Waals surface area (Å²) in [6, 6.07) is 16.0. The molecule has 2 aliphatic heterocycles. The number of fused-ring (bicyclic) bond motifs is 1. The smallest absolute Gasteiger partial charge is 0.332 e. The molecule has 9 nitrogen and oxygen atoms in total. The average molecular weight is 472 g/mol. The molecule has 2 aromatic carbocycles. The molecular weight excluding hydrogens is 442 g/mol. The second-order valence-electron chi connectivity index (χ2n) is 8.46. The Morgan fingerprint density at radius 3 is 2.56 bits per heavy atom. The van der Waals surface area contributed by atoms with Crippen molar-refractivity contribution < 1.29 is 38.4 Å². The van der Waals surface area contributed by atoms with E-state index in [4.69, 9.17) is 23.7 Å². The Morgan fingerprint density at radius 2 is 1.88 bits per heavy atom. The van der Waals surface area contributed by atoms with E-state index < -0.39 is 49.0 Å². The van der Waals surface area contributed by atoms with E-state index in [1.54, 1.807) is 6.07 Å². The maximum atomic E-state index is 12.1. The van der Waals surface area contributed by atoms with Crippen LogP contribution in [0.5, 0.6) is 5.75 Å². The molecule has 34 heavy (non-hydrogen) atoms. The van der Waals surface area contributed by atoms with Crippen molar-refractivity contribution in [1.82, 2.24) is 5.32 Å². The minimum absolute atomic E-state index is 0.173. The molecule has 2 fully saturated rings. The summed E-state index contributed by atoms with van der Waals surface area (Å²) in [5, 5.41) is 12.3. The Balaban J connectivity index is 1.65. The Bertz CT molecular complexity index is 999. The molecule has 2 saturated heterocycles. The molecule has 0 aromatic heterocycles. The topological polar surface area (TPSA) is 113 Å². The lowest BCUT2D eigenvalue weighted by Gasteiger charge is -2.49. The van der Waals surface area contributed by atoms with Crippen molar-refractivity contribution in [1.29, 1.82) is 0 Å². The number of amides is 1. The predicted molar refractivity (Wildman–Crippen MR) is 120 cm³/mol. The number of carbonyl (C=O) groups is 2. The number of carboxylic acids is 1. The number of carbonyl (C=O) groups excluding carboxylic acids is 1. The van der Waals surface area contributed by atoms with Crippen LogP contribution in [0, 0.1) is 6.92 Å². The van der Waals surface area contributed by atoms with Crippen LogP contribution in [-0.4, -0.2) is 60.3 Å². The van der Waals surface area contributed by atoms with Crippen molar-refractivity contribution in [3.8, 4) is 5.75 Å². The first-order valence-corrected chi connectivity index (χ1v) is 11.2. The van der Waals surface area contributed by atoms with Crippen molar-refractivity contribution in [2.75, 3.05) is 6.61 Å². The van der Waals surface area contributed by atoms with Crippen molar-refractivity contribution >= 4 is 11.9 Å². The normalized spacial score (nSPS) is 29.5. The van der Waals surface area contributed by atoms with Gasteiger partial charge in [-0.15, -0.1) is 0 Å². The fraction of sp³-hybridized carbons (Fsp3) is 0.440. The highest BCUT2D eigenvalue weighted by Crippen LogP contribution is 2.36. The average Bonchev–Trinajstić information content (AvgIpc) is 2.81. The number of hydrogen-bond acceptors (Lipinski definition) is 7. The molecule has 2 heterocycles. The zero-order chi connectivity index (χ0) is 24.2. The van der Waals surface area contributed by atoms with Crippen LogP contribution in [0.2, 0.25) is 0 Å². The molecule has 2 aliphatic rings. The van der Waals surface area contributed by atoms with E-state index in [0.717, 1.165) is 11.1 Å². The van der Waals surface area contributed by atoms with Gasteiger partial charge in [0.2, 0.25) is 12.2 Å². The van der Waals surface area contributed by atoms with Gasteiger partial charge in [-0.05, 0) is 31.5 Å². The Hall–Kier alpha value is -2.98. The maximum Gasteiger partial charge on any atom is 0.332 e. The highest BCUT2D eigenvalue weighted by Gasteiger charge is 2.52. The number of benzene rings is 2. The monoisotopic (exact) mass is 471 g/mol. The molecule has 1 amide bonds. The number of carboxylic acid groups (broad SMARTS) is 1. The number of aliphatic carboxylic acids is 1. The van der Waals surface area contributed by atoms with Crippen molar-refractivity contribution in [3.63, 3.8) is 0 Å². The number of nitrogens with one attached hydrogen (secondary N) is 1. The van der Waals surface area contributed by atoms with Crippen LogP contribution in [0.25, 0.3) is 0 Å². The quantitative estimate of drug-likeness (QED) is 0.634. The summed E-state index contributed by atoms with van der Waals surface area (Å²) in [4.78, 5) is 23.7. The van der Waals surface area contributed by atoms with Crippen LogP contribution in [0.1, 0.15) is 31.3 Å². The van der Waals surface area contributed by atoms with E-state index in [1.165, 1.54) is 13.8 Å². The third-order valence-electron chi connectivity index (χ3n) is 5.73. The number of ether oxygens (including phenoxy) is 5. The Morgan fingerprint density at radius 1 is 1.12 bits per heavy atom. The lowest BCUT2D eigenvalue weighted by molar-refractivity contribution is -0.340. The fourth-order valence-corrected chi connectivity index (χ4v) is 4.12. The van der Waals surface area contributed by atoms with E-state index >= 15 is 0 Å². The molecule has 0 aliphatic carbocycles. The van der Waals surface area contributed by atoms with Gasteiger partial charge in [-0.2, -0.15) is 0 Å². The van der Waals surface area contributed by atoms with Crippen molar-refractivity contribution in [3.05, 3.63) is 65.7 Å². The van der Waals surface area contributed by atoms with Crippen LogP contribution in [0.3, 0.4) is 0 Å². The molecule has 2 N–H and O–H groups in total. The van der Waals surface area contributed by atoms with Gasteiger partial charge in [0.15, 0.2) is 12.4 Å². The molecule has 4 rings (SSSR count). The van der Waals surface area contributed by atoms with Gasteiger partial charge in [-0.1, -0.05) is 42.5 Å². The lowest BCUT2D eigenvalue weighted by atomic mass is 9.95. The first kappa shape index (κ1) is 24.2. The van der Waals surface area contributed by atoms with Gasteiger partial charge in [0, 0.05) is 12.5 Å². The maximum absolute atomic E-state index is 12.1.